The summed E-state index contributed by atoms with van der Waals surface area (Å²) in [5, 5.41) is 0. The number of likely N-dealkylation sites (N-methyl/N-ethyl adjacent to an activating group) is 1. The summed E-state index contributed by atoms with van der Waals surface area (Å²) in [4.78, 5) is 2.82. The summed E-state index contributed by atoms with van der Waals surface area (Å²) in [5.41, 5.74) is 0.974. The molecule has 0 radical (unpaired) electrons. The van der Waals surface area contributed by atoms with E-state index < -0.39 is 10.0 Å². The zero-order valence-corrected chi connectivity index (χ0v) is 16.2. The molecule has 3 fully saturated rings. The number of sulfonamides is 1. The van der Waals surface area contributed by atoms with Gasteiger partial charge in [0.05, 0.1) is 4.90 Å². The van der Waals surface area contributed by atoms with Crippen LogP contribution in [0, 0.1) is 24.7 Å². The highest BCUT2D eigenvalue weighted by atomic mass is 32.2. The maximum atomic E-state index is 13.5. The third kappa shape index (κ3) is 2.29. The van der Waals surface area contributed by atoms with Gasteiger partial charge in [-0.1, -0.05) is 23.8 Å². The van der Waals surface area contributed by atoms with E-state index in [-0.39, 0.29) is 17.5 Å². The van der Waals surface area contributed by atoms with E-state index in [2.05, 4.69) is 25.5 Å². The van der Waals surface area contributed by atoms with Crippen molar-refractivity contribution >= 4 is 10.0 Å². The molecule has 0 amide bonds. The second-order valence-corrected chi connectivity index (χ2v) is 10.2. The Morgan fingerprint density at radius 3 is 2.60 bits per heavy atom. The van der Waals surface area contributed by atoms with E-state index in [1.165, 1.54) is 0 Å². The monoisotopic (exact) mass is 360 g/mol. The molecule has 2 heterocycles. The van der Waals surface area contributed by atoms with Crippen LogP contribution in [0.4, 0.5) is 0 Å². The SMILES string of the molecule is C=CC1CC2CN(C)C3(C)C2CCN(S(=O)(=O)c2ccc(C)cc2)C13. The van der Waals surface area contributed by atoms with E-state index in [4.69, 9.17) is 0 Å². The van der Waals surface area contributed by atoms with Crippen LogP contribution in [-0.4, -0.2) is 49.3 Å². The molecule has 1 saturated carbocycles. The van der Waals surface area contributed by atoms with Crippen LogP contribution in [0.3, 0.4) is 0 Å². The van der Waals surface area contributed by atoms with Gasteiger partial charge in [0.15, 0.2) is 0 Å². The van der Waals surface area contributed by atoms with Crippen LogP contribution in [0.2, 0.25) is 0 Å². The quantitative estimate of drug-likeness (QED) is 0.778. The number of hydrogen-bond acceptors (Lipinski definition) is 3. The van der Waals surface area contributed by atoms with E-state index >= 15 is 0 Å². The second-order valence-electron chi connectivity index (χ2n) is 8.27. The Morgan fingerprint density at radius 1 is 1.28 bits per heavy atom. The minimum atomic E-state index is -3.50. The van der Waals surface area contributed by atoms with Crippen molar-refractivity contribution in [1.82, 2.24) is 9.21 Å². The molecule has 2 aliphatic heterocycles. The van der Waals surface area contributed by atoms with Crippen molar-refractivity contribution in [2.45, 2.75) is 43.2 Å². The van der Waals surface area contributed by atoms with E-state index in [1.54, 1.807) is 16.4 Å². The molecule has 1 aromatic carbocycles. The zero-order valence-electron chi connectivity index (χ0n) is 15.4. The van der Waals surface area contributed by atoms with Gasteiger partial charge in [0.2, 0.25) is 10.0 Å². The Kier molecular flexibility index (Phi) is 3.91. The van der Waals surface area contributed by atoms with E-state index in [1.807, 2.05) is 25.1 Å². The summed E-state index contributed by atoms with van der Waals surface area (Å²) in [7, 11) is -1.34. The van der Waals surface area contributed by atoms with Crippen molar-refractivity contribution in [3.8, 4) is 0 Å². The lowest BCUT2D eigenvalue weighted by molar-refractivity contribution is -0.0273. The summed E-state index contributed by atoms with van der Waals surface area (Å²) in [5.74, 6) is 1.47. The van der Waals surface area contributed by atoms with Gasteiger partial charge in [-0.15, -0.1) is 6.58 Å². The Labute approximate surface area is 151 Å². The van der Waals surface area contributed by atoms with Gasteiger partial charge in [0, 0.05) is 24.7 Å². The molecule has 4 rings (SSSR count). The molecule has 1 aliphatic carbocycles. The van der Waals surface area contributed by atoms with Crippen LogP contribution >= 0.6 is 0 Å². The standard InChI is InChI=1S/C20H28N2O2S/c1-5-15-12-16-13-21(4)20(3)18(16)10-11-22(19(15)20)25(23,24)17-8-6-14(2)7-9-17/h5-9,15-16,18-19H,1,10-13H2,2-4H3. The highest BCUT2D eigenvalue weighted by Crippen LogP contribution is 2.56. The number of aryl methyl sites for hydroxylation is 1. The predicted molar refractivity (Wildman–Crippen MR) is 99.8 cm³/mol. The van der Waals surface area contributed by atoms with Gasteiger partial charge >= 0.3 is 0 Å². The molecular weight excluding hydrogens is 332 g/mol. The molecule has 2 saturated heterocycles. The van der Waals surface area contributed by atoms with Crippen LogP contribution in [0.5, 0.6) is 0 Å². The van der Waals surface area contributed by atoms with Crippen molar-refractivity contribution in [3.63, 3.8) is 0 Å². The first-order valence-electron chi connectivity index (χ1n) is 9.22. The normalized spacial score (nSPS) is 38.7. The van der Waals surface area contributed by atoms with Gasteiger partial charge in [-0.05, 0) is 63.6 Å². The average Bonchev–Trinajstić information content (AvgIpc) is 2.74. The predicted octanol–water partition coefficient (Wildman–Crippen LogP) is 2.90. The summed E-state index contributed by atoms with van der Waals surface area (Å²) < 4.78 is 28.7. The van der Waals surface area contributed by atoms with Gasteiger partial charge in [0.25, 0.3) is 0 Å². The molecule has 1 aromatic rings. The van der Waals surface area contributed by atoms with Gasteiger partial charge in [0.1, 0.15) is 0 Å². The average molecular weight is 361 g/mol. The van der Waals surface area contributed by atoms with Crippen LogP contribution in [-0.2, 0) is 10.0 Å². The topological polar surface area (TPSA) is 40.6 Å². The van der Waals surface area contributed by atoms with Gasteiger partial charge in [-0.2, -0.15) is 4.31 Å². The zero-order chi connectivity index (χ0) is 18.0. The number of piperidine rings is 1. The van der Waals surface area contributed by atoms with E-state index in [0.29, 0.717) is 23.3 Å². The third-order valence-electron chi connectivity index (χ3n) is 7.13. The lowest BCUT2D eigenvalue weighted by atomic mass is 9.61. The fraction of sp³-hybridized carbons (Fsp3) is 0.600. The van der Waals surface area contributed by atoms with Gasteiger partial charge < -0.3 is 0 Å². The first-order valence-corrected chi connectivity index (χ1v) is 10.7. The van der Waals surface area contributed by atoms with Gasteiger partial charge in [-0.25, -0.2) is 8.42 Å². The molecule has 5 unspecified atom stereocenters. The first kappa shape index (κ1) is 17.3. The van der Waals surface area contributed by atoms with Crippen molar-refractivity contribution < 1.29 is 8.42 Å². The molecule has 0 aromatic heterocycles. The Bertz CT molecular complexity index is 788. The van der Waals surface area contributed by atoms with E-state index in [0.717, 1.165) is 24.9 Å². The summed E-state index contributed by atoms with van der Waals surface area (Å²) in [6.45, 7) is 9.99. The highest BCUT2D eigenvalue weighted by molar-refractivity contribution is 7.89. The minimum absolute atomic E-state index is 0.0289. The van der Waals surface area contributed by atoms with Crippen LogP contribution < -0.4 is 0 Å². The molecule has 4 nitrogen and oxygen atoms in total. The lowest BCUT2D eigenvalue weighted by Crippen LogP contribution is -2.68. The van der Waals surface area contributed by atoms with Crippen LogP contribution in [0.15, 0.2) is 41.8 Å². The van der Waals surface area contributed by atoms with Crippen molar-refractivity contribution in [2.75, 3.05) is 20.1 Å². The fourth-order valence-electron chi connectivity index (χ4n) is 5.81. The summed E-state index contributed by atoms with van der Waals surface area (Å²) >= 11 is 0. The highest BCUT2D eigenvalue weighted by Gasteiger charge is 2.63. The summed E-state index contributed by atoms with van der Waals surface area (Å²) in [6.07, 6.45) is 4.00. The first-order chi connectivity index (χ1) is 11.8. The van der Waals surface area contributed by atoms with Crippen molar-refractivity contribution in [2.24, 2.45) is 17.8 Å². The van der Waals surface area contributed by atoms with Crippen LogP contribution in [0.25, 0.3) is 0 Å². The van der Waals surface area contributed by atoms with Gasteiger partial charge in [-0.3, -0.25) is 4.90 Å². The van der Waals surface area contributed by atoms with Crippen LogP contribution in [0.1, 0.15) is 25.3 Å². The molecular formula is C20H28N2O2S. The molecule has 136 valence electrons. The number of rotatable bonds is 3. The molecule has 0 spiro atoms. The number of likely N-dealkylation sites (tertiary alicyclic amines) is 1. The molecule has 5 heteroatoms. The number of hydrogen-bond donors (Lipinski definition) is 0. The molecule has 0 N–H and O–H groups in total. The fourth-order valence-corrected chi connectivity index (χ4v) is 7.58. The number of benzene rings is 1. The molecule has 5 atom stereocenters. The largest absolute Gasteiger partial charge is 0.299 e. The maximum Gasteiger partial charge on any atom is 0.243 e. The Morgan fingerprint density at radius 2 is 1.96 bits per heavy atom. The second kappa shape index (κ2) is 5.66. The smallest absolute Gasteiger partial charge is 0.243 e. The Hall–Kier alpha value is -1.17. The number of nitrogens with zero attached hydrogens (tertiary/aromatic N) is 2. The van der Waals surface area contributed by atoms with Crippen molar-refractivity contribution in [1.29, 1.82) is 0 Å². The van der Waals surface area contributed by atoms with E-state index in [9.17, 15) is 8.42 Å². The minimum Gasteiger partial charge on any atom is -0.299 e. The van der Waals surface area contributed by atoms with Crippen molar-refractivity contribution in [3.05, 3.63) is 42.5 Å². The molecule has 3 aliphatic rings. The maximum absolute atomic E-state index is 13.5. The molecule has 25 heavy (non-hydrogen) atoms. The lowest BCUT2D eigenvalue weighted by Gasteiger charge is -2.57. The molecule has 4 bridgehead atoms. The summed E-state index contributed by atoms with van der Waals surface area (Å²) in [6, 6.07) is 7.22. The Balaban J connectivity index is 1.80. The third-order valence-corrected chi connectivity index (χ3v) is 9.03.